The summed E-state index contributed by atoms with van der Waals surface area (Å²) in [7, 11) is 3.38. The van der Waals surface area contributed by atoms with Gasteiger partial charge in [0.1, 0.15) is 11.6 Å². The number of hydrogen-bond acceptors (Lipinski definition) is 4. The molecule has 0 aliphatic heterocycles. The van der Waals surface area contributed by atoms with E-state index in [0.717, 1.165) is 17.0 Å². The van der Waals surface area contributed by atoms with E-state index in [2.05, 4.69) is 19.8 Å². The van der Waals surface area contributed by atoms with Crippen molar-refractivity contribution >= 4 is 50.9 Å². The fourth-order valence-electron chi connectivity index (χ4n) is 2.62. The number of rotatable bonds is 6. The van der Waals surface area contributed by atoms with E-state index in [4.69, 9.17) is 11.6 Å². The molecule has 3 rings (SSSR count). The maximum Gasteiger partial charge on any atom is 0.573 e. The molecule has 1 atom stereocenters. The number of alkyl halides is 3. The summed E-state index contributed by atoms with van der Waals surface area (Å²) in [6, 6.07) is 11.1. The zero-order valence-corrected chi connectivity index (χ0v) is 17.7. The molecule has 1 heterocycles. The minimum Gasteiger partial charge on any atom is -0.404 e. The van der Waals surface area contributed by atoms with Crippen LogP contribution in [0.5, 0.6) is 5.75 Å². The lowest BCUT2D eigenvalue weighted by molar-refractivity contribution is -0.274. The standard InChI is InChI=1S/C19H18ClF3N4O2S/c1-11-9-13-15(5-4-6-16(13)26-30(28)27(2)3)25-18(11)24-12-7-8-17(14(20)10-12)29-19(21,22)23/h4-10,26H,1-3H3,(H,24,25). The normalized spacial score (nSPS) is 12.8. The average molecular weight is 459 g/mol. The number of fused-ring (bicyclic) bond motifs is 1. The molecule has 160 valence electrons. The van der Waals surface area contributed by atoms with Crippen molar-refractivity contribution in [3.63, 3.8) is 0 Å². The Labute approximate surface area is 178 Å². The van der Waals surface area contributed by atoms with Gasteiger partial charge in [-0.15, -0.1) is 13.2 Å². The molecule has 1 unspecified atom stereocenters. The number of nitrogens with zero attached hydrogens (tertiary/aromatic N) is 2. The van der Waals surface area contributed by atoms with Gasteiger partial charge in [0, 0.05) is 25.2 Å². The third kappa shape index (κ3) is 5.32. The van der Waals surface area contributed by atoms with E-state index in [0.29, 0.717) is 22.7 Å². The maximum atomic E-state index is 12.4. The summed E-state index contributed by atoms with van der Waals surface area (Å²) in [6.07, 6.45) is -4.82. The van der Waals surface area contributed by atoms with Crippen LogP contribution >= 0.6 is 11.6 Å². The van der Waals surface area contributed by atoms with Gasteiger partial charge in [-0.2, -0.15) is 0 Å². The Morgan fingerprint density at radius 2 is 1.90 bits per heavy atom. The smallest absolute Gasteiger partial charge is 0.404 e. The number of aryl methyl sites for hydroxylation is 1. The van der Waals surface area contributed by atoms with Gasteiger partial charge in [0.2, 0.25) is 0 Å². The fraction of sp³-hybridized carbons (Fsp3) is 0.211. The Hall–Kier alpha value is -2.56. The average Bonchev–Trinajstić information content (AvgIpc) is 2.64. The number of pyridine rings is 1. The Balaban J connectivity index is 1.89. The van der Waals surface area contributed by atoms with Crippen LogP contribution < -0.4 is 14.8 Å². The summed E-state index contributed by atoms with van der Waals surface area (Å²) in [4.78, 5) is 4.58. The molecule has 2 aromatic carbocycles. The zero-order chi connectivity index (χ0) is 22.1. The van der Waals surface area contributed by atoms with Gasteiger partial charge in [-0.3, -0.25) is 4.72 Å². The summed E-state index contributed by atoms with van der Waals surface area (Å²) >= 11 is 4.50. The van der Waals surface area contributed by atoms with Crippen molar-refractivity contribution in [2.24, 2.45) is 0 Å². The van der Waals surface area contributed by atoms with Crippen LogP contribution in [0.1, 0.15) is 5.56 Å². The van der Waals surface area contributed by atoms with Gasteiger partial charge in [-0.05, 0) is 48.9 Å². The van der Waals surface area contributed by atoms with Crippen molar-refractivity contribution in [3.05, 3.63) is 53.1 Å². The van der Waals surface area contributed by atoms with E-state index in [9.17, 15) is 17.4 Å². The number of anilines is 3. The predicted molar refractivity (Wildman–Crippen MR) is 113 cm³/mol. The lowest BCUT2D eigenvalue weighted by Crippen LogP contribution is -2.22. The monoisotopic (exact) mass is 458 g/mol. The zero-order valence-electron chi connectivity index (χ0n) is 16.2. The molecular weight excluding hydrogens is 441 g/mol. The molecule has 1 aromatic heterocycles. The molecule has 0 amide bonds. The second-order valence-corrected chi connectivity index (χ2v) is 8.35. The van der Waals surface area contributed by atoms with Gasteiger partial charge >= 0.3 is 6.36 Å². The van der Waals surface area contributed by atoms with Crippen LogP contribution in [0, 0.1) is 6.92 Å². The van der Waals surface area contributed by atoms with Crippen LogP contribution in [-0.4, -0.2) is 34.0 Å². The molecule has 11 heteroatoms. The maximum absolute atomic E-state index is 12.4. The Morgan fingerprint density at radius 1 is 1.17 bits per heavy atom. The molecule has 3 aromatic rings. The largest absolute Gasteiger partial charge is 0.573 e. The number of halogens is 4. The molecule has 2 N–H and O–H groups in total. The minimum absolute atomic E-state index is 0.187. The van der Waals surface area contributed by atoms with Crippen LogP contribution in [0.3, 0.4) is 0 Å². The topological polar surface area (TPSA) is 66.5 Å². The van der Waals surface area contributed by atoms with Crippen molar-refractivity contribution in [1.82, 2.24) is 9.29 Å². The van der Waals surface area contributed by atoms with Crippen LogP contribution in [0.4, 0.5) is 30.4 Å². The van der Waals surface area contributed by atoms with Crippen molar-refractivity contribution in [1.29, 1.82) is 0 Å². The van der Waals surface area contributed by atoms with Crippen molar-refractivity contribution in [3.8, 4) is 5.75 Å². The predicted octanol–water partition coefficient (Wildman–Crippen LogP) is 5.39. The highest BCUT2D eigenvalue weighted by atomic mass is 35.5. The summed E-state index contributed by atoms with van der Waals surface area (Å²) in [5.74, 6) is 0.0245. The van der Waals surface area contributed by atoms with Crippen LogP contribution in [0.25, 0.3) is 10.9 Å². The third-order valence-electron chi connectivity index (χ3n) is 4.00. The molecule has 0 bridgehead atoms. The molecule has 0 aliphatic carbocycles. The quantitative estimate of drug-likeness (QED) is 0.519. The van der Waals surface area contributed by atoms with Crippen molar-refractivity contribution < 1.29 is 22.1 Å². The van der Waals surface area contributed by atoms with E-state index in [1.165, 1.54) is 16.4 Å². The lowest BCUT2D eigenvalue weighted by atomic mass is 10.1. The van der Waals surface area contributed by atoms with Gasteiger partial charge in [-0.25, -0.2) is 13.5 Å². The molecule has 0 aliphatic rings. The van der Waals surface area contributed by atoms with E-state index in [-0.39, 0.29) is 5.02 Å². The number of aromatic nitrogens is 1. The van der Waals surface area contributed by atoms with Crippen molar-refractivity contribution in [2.45, 2.75) is 13.3 Å². The highest BCUT2D eigenvalue weighted by Crippen LogP contribution is 2.34. The Kier molecular flexibility index (Phi) is 6.39. The Morgan fingerprint density at radius 3 is 2.53 bits per heavy atom. The summed E-state index contributed by atoms with van der Waals surface area (Å²) < 4.78 is 57.6. The van der Waals surface area contributed by atoms with E-state index < -0.39 is 23.3 Å². The molecule has 0 radical (unpaired) electrons. The van der Waals surface area contributed by atoms with Gasteiger partial charge in [0.15, 0.2) is 11.2 Å². The van der Waals surface area contributed by atoms with Gasteiger partial charge in [0.25, 0.3) is 0 Å². The minimum atomic E-state index is -4.82. The summed E-state index contributed by atoms with van der Waals surface area (Å²) in [5, 5.41) is 3.65. The lowest BCUT2D eigenvalue weighted by Gasteiger charge is -2.15. The molecule has 0 fully saturated rings. The highest BCUT2D eigenvalue weighted by Gasteiger charge is 2.32. The fourth-order valence-corrected chi connectivity index (χ4v) is 3.39. The molecular formula is C19H18ClF3N4O2S. The molecule has 30 heavy (non-hydrogen) atoms. The molecule has 0 saturated heterocycles. The molecule has 6 nitrogen and oxygen atoms in total. The first-order valence-corrected chi connectivity index (χ1v) is 10.1. The highest BCUT2D eigenvalue weighted by molar-refractivity contribution is 7.84. The van der Waals surface area contributed by atoms with E-state index in [1.54, 1.807) is 32.3 Å². The van der Waals surface area contributed by atoms with Crippen molar-refractivity contribution in [2.75, 3.05) is 24.1 Å². The summed E-state index contributed by atoms with van der Waals surface area (Å²) in [6.45, 7) is 1.83. The van der Waals surface area contributed by atoms with E-state index in [1.807, 2.05) is 13.0 Å². The number of hydrogen-bond donors (Lipinski definition) is 2. The first-order chi connectivity index (χ1) is 14.0. The third-order valence-corrected chi connectivity index (χ3v) is 5.35. The SMILES string of the molecule is Cc1cc2c(NS(=O)N(C)C)cccc2nc1Nc1ccc(OC(F)(F)F)c(Cl)c1. The van der Waals surface area contributed by atoms with Gasteiger partial charge in [-0.1, -0.05) is 17.7 Å². The summed E-state index contributed by atoms with van der Waals surface area (Å²) in [5.41, 5.74) is 2.54. The van der Waals surface area contributed by atoms with E-state index >= 15 is 0 Å². The number of benzene rings is 2. The van der Waals surface area contributed by atoms with Gasteiger partial charge < -0.3 is 10.1 Å². The second-order valence-electron chi connectivity index (χ2n) is 6.51. The first kappa shape index (κ1) is 22.1. The molecule has 0 saturated carbocycles. The first-order valence-electron chi connectivity index (χ1n) is 8.62. The second kappa shape index (κ2) is 8.66. The number of ether oxygens (including phenoxy) is 1. The van der Waals surface area contributed by atoms with Gasteiger partial charge in [0.05, 0.1) is 16.2 Å². The molecule has 0 spiro atoms. The van der Waals surface area contributed by atoms with Crippen LogP contribution in [0.15, 0.2) is 42.5 Å². The van der Waals surface area contributed by atoms with Crippen LogP contribution in [-0.2, 0) is 11.2 Å². The Bertz CT molecular complexity index is 1110. The van der Waals surface area contributed by atoms with Crippen LogP contribution in [0.2, 0.25) is 5.02 Å². The number of nitrogens with one attached hydrogen (secondary N) is 2.